The van der Waals surface area contributed by atoms with Gasteiger partial charge in [-0.05, 0) is 41.5 Å². The maximum Gasteiger partial charge on any atom is 0.357 e. The Morgan fingerprint density at radius 1 is 1.05 bits per heavy atom. The Balaban J connectivity index is 1.53. The van der Waals surface area contributed by atoms with Crippen molar-refractivity contribution in [2.45, 2.75) is 27.4 Å². The molecule has 4 aromatic rings. The molecule has 37 heavy (non-hydrogen) atoms. The van der Waals surface area contributed by atoms with Gasteiger partial charge in [0.1, 0.15) is 10.8 Å². The number of hydrogen-bond donors (Lipinski definition) is 0. The number of hydrogen-bond acceptors (Lipinski definition) is 8. The van der Waals surface area contributed by atoms with Crippen LogP contribution in [0.4, 0.5) is 0 Å². The smallest absolute Gasteiger partial charge is 0.357 e. The molecular formula is C27H23ClN2O5S2. The van der Waals surface area contributed by atoms with E-state index in [4.69, 9.17) is 35.5 Å². The first-order valence-corrected chi connectivity index (χ1v) is 13.5. The van der Waals surface area contributed by atoms with E-state index in [-0.39, 0.29) is 6.79 Å². The molecule has 0 unspecified atom stereocenters. The fraction of sp³-hybridized carbons (Fsp3) is 0.185. The molecule has 10 heteroatoms. The minimum absolute atomic E-state index is 0.148. The SMILES string of the molecule is COC(=O)c1c(SCc2ccc(OC)cc2)nc(Sc2ccccc2)n1Cc1cc2c(cc1Cl)OCO2. The van der Waals surface area contributed by atoms with Crippen LogP contribution < -0.4 is 14.2 Å². The molecule has 1 aliphatic rings. The number of halogens is 1. The average molecular weight is 555 g/mol. The molecule has 0 radical (unpaired) electrons. The maximum atomic E-state index is 13.1. The molecule has 1 aromatic heterocycles. The van der Waals surface area contributed by atoms with Crippen molar-refractivity contribution in [1.29, 1.82) is 0 Å². The zero-order valence-corrected chi connectivity index (χ0v) is 22.5. The summed E-state index contributed by atoms with van der Waals surface area (Å²) in [7, 11) is 3.01. The van der Waals surface area contributed by atoms with Gasteiger partial charge in [0.2, 0.25) is 6.79 Å². The van der Waals surface area contributed by atoms with Crippen molar-refractivity contribution in [3.8, 4) is 17.2 Å². The van der Waals surface area contributed by atoms with Gasteiger partial charge in [-0.2, -0.15) is 0 Å². The van der Waals surface area contributed by atoms with Crippen molar-refractivity contribution in [3.05, 3.63) is 88.6 Å². The molecule has 190 valence electrons. The Labute approximate surface area is 228 Å². The van der Waals surface area contributed by atoms with E-state index >= 15 is 0 Å². The van der Waals surface area contributed by atoms with Gasteiger partial charge in [-0.3, -0.25) is 0 Å². The van der Waals surface area contributed by atoms with Gasteiger partial charge in [0.25, 0.3) is 0 Å². The van der Waals surface area contributed by atoms with E-state index in [1.807, 2.05) is 65.2 Å². The molecule has 0 N–H and O–H groups in total. The number of nitrogens with zero attached hydrogens (tertiary/aromatic N) is 2. The van der Waals surface area contributed by atoms with Gasteiger partial charge in [-0.25, -0.2) is 9.78 Å². The largest absolute Gasteiger partial charge is 0.497 e. The van der Waals surface area contributed by atoms with E-state index in [0.29, 0.717) is 44.7 Å². The number of fused-ring (bicyclic) bond motifs is 1. The number of ether oxygens (including phenoxy) is 4. The summed E-state index contributed by atoms with van der Waals surface area (Å²) in [5.41, 5.74) is 2.22. The van der Waals surface area contributed by atoms with Gasteiger partial charge in [0.15, 0.2) is 22.3 Å². The molecule has 5 rings (SSSR count). The van der Waals surface area contributed by atoms with Crippen molar-refractivity contribution in [3.63, 3.8) is 0 Å². The minimum atomic E-state index is -0.471. The Hall–Kier alpha value is -3.27. The summed E-state index contributed by atoms with van der Waals surface area (Å²) in [6.07, 6.45) is 0. The van der Waals surface area contributed by atoms with Crippen LogP contribution in [-0.4, -0.2) is 36.5 Å². The van der Waals surface area contributed by atoms with Crippen LogP contribution in [0.2, 0.25) is 5.02 Å². The zero-order valence-electron chi connectivity index (χ0n) is 20.1. The quantitative estimate of drug-likeness (QED) is 0.170. The van der Waals surface area contributed by atoms with Crippen LogP contribution in [0.25, 0.3) is 0 Å². The fourth-order valence-electron chi connectivity index (χ4n) is 3.75. The second kappa shape index (κ2) is 11.4. The number of aromatic nitrogens is 2. The molecule has 0 atom stereocenters. The van der Waals surface area contributed by atoms with Gasteiger partial charge in [-0.1, -0.05) is 65.5 Å². The first-order valence-electron chi connectivity index (χ1n) is 11.3. The molecule has 0 saturated heterocycles. The Bertz CT molecular complexity index is 1410. The topological polar surface area (TPSA) is 71.8 Å². The predicted octanol–water partition coefficient (Wildman–Crippen LogP) is 6.55. The van der Waals surface area contributed by atoms with Gasteiger partial charge >= 0.3 is 5.97 Å². The Kier molecular flexibility index (Phi) is 7.83. The lowest BCUT2D eigenvalue weighted by Gasteiger charge is -2.13. The highest BCUT2D eigenvalue weighted by molar-refractivity contribution is 7.99. The monoisotopic (exact) mass is 554 g/mol. The molecule has 2 heterocycles. The maximum absolute atomic E-state index is 13.1. The van der Waals surface area contributed by atoms with Gasteiger partial charge in [0, 0.05) is 21.7 Å². The standard InChI is InChI=1S/C27H23ClN2O5S2/c1-32-19-10-8-17(9-11-19)15-36-25-24(26(31)33-2)30(27(29-25)37-20-6-4-3-5-7-20)14-18-12-22-23(13-21(18)28)35-16-34-22/h3-13H,14-16H2,1-2H3. The molecule has 0 spiro atoms. The molecule has 0 fully saturated rings. The molecule has 3 aromatic carbocycles. The van der Waals surface area contributed by atoms with Crippen LogP contribution in [0.1, 0.15) is 21.6 Å². The van der Waals surface area contributed by atoms with Crippen LogP contribution in [0.15, 0.2) is 81.8 Å². The van der Waals surface area contributed by atoms with Gasteiger partial charge in [-0.15, -0.1) is 0 Å². The lowest BCUT2D eigenvalue weighted by Crippen LogP contribution is -2.13. The minimum Gasteiger partial charge on any atom is -0.497 e. The van der Waals surface area contributed by atoms with E-state index in [9.17, 15) is 4.79 Å². The number of esters is 1. The molecule has 0 aliphatic carbocycles. The summed E-state index contributed by atoms with van der Waals surface area (Å²) in [5.74, 6) is 2.15. The lowest BCUT2D eigenvalue weighted by molar-refractivity contribution is 0.0583. The summed E-state index contributed by atoms with van der Waals surface area (Å²) in [6.45, 7) is 0.444. The van der Waals surface area contributed by atoms with E-state index in [2.05, 4.69) is 0 Å². The fourth-order valence-corrected chi connectivity index (χ4v) is 5.90. The number of thioether (sulfide) groups is 1. The molecule has 0 saturated carbocycles. The summed E-state index contributed by atoms with van der Waals surface area (Å²) >= 11 is 9.54. The third kappa shape index (κ3) is 5.69. The molecular weight excluding hydrogens is 532 g/mol. The summed E-state index contributed by atoms with van der Waals surface area (Å²) in [6, 6.07) is 21.3. The van der Waals surface area contributed by atoms with Crippen LogP contribution in [0, 0.1) is 0 Å². The number of benzene rings is 3. The first-order chi connectivity index (χ1) is 18.1. The Morgan fingerprint density at radius 3 is 2.49 bits per heavy atom. The molecule has 7 nitrogen and oxygen atoms in total. The number of carbonyl (C=O) groups is 1. The zero-order chi connectivity index (χ0) is 25.8. The number of methoxy groups -OCH3 is 2. The summed E-state index contributed by atoms with van der Waals surface area (Å²) < 4.78 is 23.3. The van der Waals surface area contributed by atoms with Crippen LogP contribution in [0.3, 0.4) is 0 Å². The highest BCUT2D eigenvalue weighted by Gasteiger charge is 2.26. The van der Waals surface area contributed by atoms with Gasteiger partial charge < -0.3 is 23.5 Å². The predicted molar refractivity (Wildman–Crippen MR) is 143 cm³/mol. The van der Waals surface area contributed by atoms with E-state index < -0.39 is 5.97 Å². The second-order valence-corrected chi connectivity index (χ2v) is 10.4. The van der Waals surface area contributed by atoms with Crippen molar-refractivity contribution in [1.82, 2.24) is 9.55 Å². The Morgan fingerprint density at radius 2 is 1.78 bits per heavy atom. The molecule has 1 aliphatic heterocycles. The van der Waals surface area contributed by atoms with Crippen molar-refractivity contribution in [2.75, 3.05) is 21.0 Å². The van der Waals surface area contributed by atoms with Crippen molar-refractivity contribution < 1.29 is 23.7 Å². The normalized spacial score (nSPS) is 12.0. The number of rotatable bonds is 9. The summed E-state index contributed by atoms with van der Waals surface area (Å²) in [4.78, 5) is 19.0. The molecule has 0 bridgehead atoms. The molecule has 0 amide bonds. The third-order valence-corrected chi connectivity index (χ3v) is 8.03. The van der Waals surface area contributed by atoms with Crippen LogP contribution >= 0.6 is 35.1 Å². The van der Waals surface area contributed by atoms with E-state index in [1.54, 1.807) is 13.2 Å². The van der Waals surface area contributed by atoms with Crippen LogP contribution in [0.5, 0.6) is 17.2 Å². The number of imidazole rings is 1. The van der Waals surface area contributed by atoms with Crippen molar-refractivity contribution >= 4 is 41.1 Å². The van der Waals surface area contributed by atoms with Crippen LogP contribution in [-0.2, 0) is 17.0 Å². The number of carbonyl (C=O) groups excluding carboxylic acids is 1. The van der Waals surface area contributed by atoms with Gasteiger partial charge in [0.05, 0.1) is 20.8 Å². The van der Waals surface area contributed by atoms with Crippen molar-refractivity contribution in [2.24, 2.45) is 0 Å². The third-order valence-electron chi connectivity index (χ3n) is 5.64. The second-order valence-electron chi connectivity index (χ2n) is 7.97. The highest BCUT2D eigenvalue weighted by Crippen LogP contribution is 2.39. The average Bonchev–Trinajstić information content (AvgIpc) is 3.52. The van der Waals surface area contributed by atoms with E-state index in [0.717, 1.165) is 21.8 Å². The summed E-state index contributed by atoms with van der Waals surface area (Å²) in [5, 5.41) is 1.74. The van der Waals surface area contributed by atoms with E-state index in [1.165, 1.54) is 30.6 Å². The first kappa shape index (κ1) is 25.4. The highest BCUT2D eigenvalue weighted by atomic mass is 35.5. The lowest BCUT2D eigenvalue weighted by atomic mass is 10.2.